The zero-order chi connectivity index (χ0) is 22.7. The number of thioether (sulfide) groups is 1. The number of hydrogen-bond donors (Lipinski definition) is 4. The number of sulfonamides is 1. The topological polar surface area (TPSA) is 175 Å². The number of H-pyrrole nitrogens is 1. The first-order valence-electron chi connectivity index (χ1n) is 9.18. The number of carbonyl (C=O) groups is 1. The number of anilines is 1. The minimum atomic E-state index is -3.79. The minimum Gasteiger partial charge on any atom is -0.335 e. The Morgan fingerprint density at radius 3 is 2.50 bits per heavy atom. The van der Waals surface area contributed by atoms with Gasteiger partial charge in [-0.1, -0.05) is 42.1 Å². The van der Waals surface area contributed by atoms with Crippen molar-refractivity contribution in [2.75, 3.05) is 16.9 Å². The molecule has 2 aromatic heterocycles. The monoisotopic (exact) mass is 470 g/mol. The molecule has 0 saturated carbocycles. The summed E-state index contributed by atoms with van der Waals surface area (Å²) in [5.74, 6) is 6.17. The Morgan fingerprint density at radius 2 is 1.81 bits per heavy atom. The van der Waals surface area contributed by atoms with Crippen molar-refractivity contribution < 1.29 is 13.2 Å². The molecule has 0 aliphatic rings. The number of nitrogen functional groups attached to an aromatic ring is 1. The number of aromatic nitrogens is 5. The molecule has 0 unspecified atom stereocenters. The Bertz CT molecular complexity index is 1350. The summed E-state index contributed by atoms with van der Waals surface area (Å²) in [6.07, 6.45) is 0. The molecule has 6 N–H and O–H groups in total. The molecule has 4 rings (SSSR count). The van der Waals surface area contributed by atoms with Gasteiger partial charge in [0, 0.05) is 11.3 Å². The number of nitrogens with zero attached hydrogens (tertiary/aromatic N) is 4. The molecule has 0 bridgehead atoms. The SMILES string of the molecule is Nn1c(SCC(=O)Nc2ccc(S(N)(=O)=O)cc2)nnc1-c1cc(-c2ccccc2)n[nH]1. The van der Waals surface area contributed by atoms with Gasteiger partial charge in [-0.05, 0) is 30.3 Å². The summed E-state index contributed by atoms with van der Waals surface area (Å²) in [5.41, 5.74) is 2.71. The smallest absolute Gasteiger partial charge is 0.238 e. The average Bonchev–Trinajstić information content (AvgIpc) is 3.39. The third kappa shape index (κ3) is 4.80. The maximum Gasteiger partial charge on any atom is 0.238 e. The van der Waals surface area contributed by atoms with Crippen LogP contribution in [0.15, 0.2) is 70.7 Å². The second-order valence-electron chi connectivity index (χ2n) is 6.62. The maximum absolute atomic E-state index is 12.2. The molecule has 0 atom stereocenters. The first-order valence-corrected chi connectivity index (χ1v) is 11.7. The number of benzene rings is 2. The van der Waals surface area contributed by atoms with Crippen molar-refractivity contribution in [3.05, 3.63) is 60.7 Å². The number of amides is 1. The van der Waals surface area contributed by atoms with Crippen molar-refractivity contribution in [1.29, 1.82) is 0 Å². The van der Waals surface area contributed by atoms with Gasteiger partial charge in [-0.15, -0.1) is 10.2 Å². The molecule has 13 heteroatoms. The number of hydrogen-bond acceptors (Lipinski definition) is 8. The van der Waals surface area contributed by atoms with Crippen LogP contribution < -0.4 is 16.3 Å². The number of nitrogens with two attached hydrogens (primary N) is 2. The third-order valence-corrected chi connectivity index (χ3v) is 6.22. The van der Waals surface area contributed by atoms with E-state index in [4.69, 9.17) is 11.0 Å². The summed E-state index contributed by atoms with van der Waals surface area (Å²) in [5, 5.41) is 23.3. The van der Waals surface area contributed by atoms with Crippen molar-refractivity contribution in [2.24, 2.45) is 5.14 Å². The molecular weight excluding hydrogens is 452 g/mol. The Kier molecular flexibility index (Phi) is 5.94. The van der Waals surface area contributed by atoms with Gasteiger partial charge < -0.3 is 11.2 Å². The molecule has 0 aliphatic carbocycles. The van der Waals surface area contributed by atoms with Gasteiger partial charge in [-0.2, -0.15) is 5.10 Å². The van der Waals surface area contributed by atoms with Gasteiger partial charge in [-0.3, -0.25) is 9.89 Å². The van der Waals surface area contributed by atoms with Crippen molar-refractivity contribution in [3.8, 4) is 22.8 Å². The predicted molar refractivity (Wildman–Crippen MR) is 120 cm³/mol. The minimum absolute atomic E-state index is 0.0184. The summed E-state index contributed by atoms with van der Waals surface area (Å²) >= 11 is 1.10. The van der Waals surface area contributed by atoms with E-state index in [1.165, 1.54) is 28.9 Å². The van der Waals surface area contributed by atoms with Crippen LogP contribution in [-0.4, -0.2) is 45.1 Å². The van der Waals surface area contributed by atoms with Crippen LogP contribution in [0.1, 0.15) is 0 Å². The Hall–Kier alpha value is -3.68. The molecule has 0 fully saturated rings. The van der Waals surface area contributed by atoms with E-state index in [1.54, 1.807) is 0 Å². The molecule has 0 spiro atoms. The number of carbonyl (C=O) groups excluding carboxylic acids is 1. The normalized spacial score (nSPS) is 11.4. The average molecular weight is 471 g/mol. The lowest BCUT2D eigenvalue weighted by atomic mass is 10.1. The Morgan fingerprint density at radius 1 is 1.09 bits per heavy atom. The molecule has 2 heterocycles. The molecule has 2 aromatic carbocycles. The van der Waals surface area contributed by atoms with Gasteiger partial charge in [-0.25, -0.2) is 18.2 Å². The van der Waals surface area contributed by atoms with Crippen molar-refractivity contribution in [3.63, 3.8) is 0 Å². The Labute approximate surface area is 187 Å². The highest BCUT2D eigenvalue weighted by molar-refractivity contribution is 7.99. The van der Waals surface area contributed by atoms with Crippen LogP contribution in [0.5, 0.6) is 0 Å². The molecule has 0 saturated heterocycles. The summed E-state index contributed by atoms with van der Waals surface area (Å²) in [4.78, 5) is 12.2. The fraction of sp³-hybridized carbons (Fsp3) is 0.0526. The van der Waals surface area contributed by atoms with E-state index in [2.05, 4.69) is 25.7 Å². The second kappa shape index (κ2) is 8.82. The highest BCUT2D eigenvalue weighted by atomic mass is 32.2. The van der Waals surface area contributed by atoms with E-state index in [1.807, 2.05) is 36.4 Å². The van der Waals surface area contributed by atoms with E-state index < -0.39 is 10.0 Å². The van der Waals surface area contributed by atoms with Crippen LogP contribution in [-0.2, 0) is 14.8 Å². The van der Waals surface area contributed by atoms with E-state index in [0.29, 0.717) is 22.4 Å². The van der Waals surface area contributed by atoms with E-state index in [0.717, 1.165) is 23.0 Å². The van der Waals surface area contributed by atoms with Gasteiger partial charge >= 0.3 is 0 Å². The molecule has 11 nitrogen and oxygen atoms in total. The van der Waals surface area contributed by atoms with Crippen LogP contribution in [0.25, 0.3) is 22.8 Å². The van der Waals surface area contributed by atoms with Gasteiger partial charge in [0.15, 0.2) is 0 Å². The van der Waals surface area contributed by atoms with Crippen molar-refractivity contribution in [2.45, 2.75) is 10.1 Å². The zero-order valence-electron chi connectivity index (χ0n) is 16.5. The third-order valence-electron chi connectivity index (χ3n) is 4.35. The number of nitrogens with one attached hydrogen (secondary N) is 2. The van der Waals surface area contributed by atoms with Crippen LogP contribution in [0.3, 0.4) is 0 Å². The number of primary sulfonamides is 1. The summed E-state index contributed by atoms with van der Waals surface area (Å²) in [6.45, 7) is 0. The summed E-state index contributed by atoms with van der Waals surface area (Å²) < 4.78 is 23.9. The van der Waals surface area contributed by atoms with Crippen LogP contribution in [0.4, 0.5) is 5.69 Å². The molecular formula is C19H18N8O3S2. The fourth-order valence-corrected chi connectivity index (χ4v) is 3.98. The largest absolute Gasteiger partial charge is 0.335 e. The lowest BCUT2D eigenvalue weighted by Crippen LogP contribution is -2.17. The molecule has 0 radical (unpaired) electrons. The summed E-state index contributed by atoms with van der Waals surface area (Å²) in [6, 6.07) is 17.0. The van der Waals surface area contributed by atoms with Crippen molar-refractivity contribution in [1.82, 2.24) is 25.1 Å². The van der Waals surface area contributed by atoms with Crippen LogP contribution in [0, 0.1) is 0 Å². The highest BCUT2D eigenvalue weighted by Gasteiger charge is 2.16. The molecule has 1 amide bonds. The quantitative estimate of drug-likeness (QED) is 0.232. The molecule has 164 valence electrons. The number of aromatic amines is 1. The lowest BCUT2D eigenvalue weighted by molar-refractivity contribution is -0.113. The highest BCUT2D eigenvalue weighted by Crippen LogP contribution is 2.24. The molecule has 0 aliphatic heterocycles. The first kappa shape index (κ1) is 21.5. The van der Waals surface area contributed by atoms with Crippen LogP contribution in [0.2, 0.25) is 0 Å². The zero-order valence-corrected chi connectivity index (χ0v) is 18.1. The number of rotatable bonds is 7. The molecule has 32 heavy (non-hydrogen) atoms. The second-order valence-corrected chi connectivity index (χ2v) is 9.12. The summed E-state index contributed by atoms with van der Waals surface area (Å²) in [7, 11) is -3.79. The van der Waals surface area contributed by atoms with E-state index in [-0.39, 0.29) is 16.6 Å². The fourth-order valence-electron chi connectivity index (χ4n) is 2.81. The van der Waals surface area contributed by atoms with Crippen LogP contribution >= 0.6 is 11.8 Å². The van der Waals surface area contributed by atoms with Gasteiger partial charge in [0.25, 0.3) is 0 Å². The van der Waals surface area contributed by atoms with E-state index >= 15 is 0 Å². The van der Waals surface area contributed by atoms with Gasteiger partial charge in [0.2, 0.25) is 26.9 Å². The predicted octanol–water partition coefficient (Wildman–Crippen LogP) is 1.43. The standard InChI is InChI=1S/C19H18N8O3S2/c20-27-18(16-10-15(23-24-16)12-4-2-1-3-5-12)25-26-19(27)31-11-17(28)22-13-6-8-14(9-7-13)32(21,29)30/h1-10H,11,20H2,(H,22,28)(H,23,24)(H2,21,29,30). The van der Waals surface area contributed by atoms with Crippen molar-refractivity contribution >= 4 is 33.4 Å². The Balaban J connectivity index is 1.39. The lowest BCUT2D eigenvalue weighted by Gasteiger charge is -2.06. The van der Waals surface area contributed by atoms with E-state index in [9.17, 15) is 13.2 Å². The van der Waals surface area contributed by atoms with Gasteiger partial charge in [0.05, 0.1) is 16.3 Å². The van der Waals surface area contributed by atoms with Gasteiger partial charge in [0.1, 0.15) is 5.69 Å². The first-order chi connectivity index (χ1) is 15.3. The molecule has 4 aromatic rings. The maximum atomic E-state index is 12.2.